The largest absolute Gasteiger partial charge is 0.505 e. The van der Waals surface area contributed by atoms with Gasteiger partial charge in [0.05, 0.1) is 11.0 Å². The van der Waals surface area contributed by atoms with Crippen LogP contribution in [0.2, 0.25) is 0 Å². The van der Waals surface area contributed by atoms with Crippen LogP contribution >= 0.6 is 0 Å². The van der Waals surface area contributed by atoms with Gasteiger partial charge < -0.3 is 10.2 Å². The molecule has 0 aliphatic carbocycles. The Morgan fingerprint density at radius 2 is 0.863 bits per heavy atom. The van der Waals surface area contributed by atoms with Crippen molar-refractivity contribution in [3.05, 3.63) is 95.1 Å². The Hall–Kier alpha value is -4.72. The molecule has 2 aromatic heterocycles. The van der Waals surface area contributed by atoms with E-state index in [0.29, 0.717) is 22.5 Å². The number of rotatable bonds is 8. The number of phenolic OH excluding ortho intramolecular Hbond substituents is 2. The van der Waals surface area contributed by atoms with Gasteiger partial charge in [-0.25, -0.2) is 9.36 Å². The van der Waals surface area contributed by atoms with Crippen LogP contribution in [0.15, 0.2) is 72.8 Å². The average molecular weight is 687 g/mol. The predicted octanol–water partition coefficient (Wildman–Crippen LogP) is 10.3. The second kappa shape index (κ2) is 12.2. The van der Waals surface area contributed by atoms with Gasteiger partial charge in [0, 0.05) is 16.5 Å². The fourth-order valence-corrected chi connectivity index (χ4v) is 8.39. The van der Waals surface area contributed by atoms with Crippen LogP contribution in [-0.2, 0) is 16.2 Å². The molecule has 268 valence electrons. The third-order valence-corrected chi connectivity index (χ3v) is 10.2. The summed E-state index contributed by atoms with van der Waals surface area (Å²) in [5.41, 5.74) is 6.42. The van der Waals surface area contributed by atoms with E-state index in [-0.39, 0.29) is 33.2 Å². The number of fused-ring (bicyclic) bond motifs is 2. The summed E-state index contributed by atoms with van der Waals surface area (Å²) in [6.45, 7) is 26.7. The quantitative estimate of drug-likeness (QED) is 0.165. The zero-order chi connectivity index (χ0) is 37.3. The summed E-state index contributed by atoms with van der Waals surface area (Å²) >= 11 is 0. The monoisotopic (exact) mass is 686 g/mol. The lowest BCUT2D eigenvalue weighted by Gasteiger charge is -2.37. The molecule has 0 aliphatic heterocycles. The van der Waals surface area contributed by atoms with Gasteiger partial charge in [-0.15, -0.1) is 10.2 Å². The molecule has 0 saturated heterocycles. The number of aromatic hydroxyl groups is 2. The standard InChI is InChI=1S/C43H54N6O2/c1-39(2,3)25-41(7,8)27-21-29(37(50)35(23-27)48-33-19-15-13-17-31(33)44-46-48)43(11,12)30-22-28(42(9,10)26-40(4,5)6)24-36(38(30)51)49-34-20-16-14-18-32(34)45-47-49/h13-24,50-51H,25-26H2,1-12H3. The highest BCUT2D eigenvalue weighted by molar-refractivity contribution is 5.79. The zero-order valence-corrected chi connectivity index (χ0v) is 32.4. The summed E-state index contributed by atoms with van der Waals surface area (Å²) in [5, 5.41) is 42.7. The van der Waals surface area contributed by atoms with E-state index in [1.165, 1.54) is 0 Å². The SMILES string of the molecule is CC(C)(C)CC(C)(C)c1cc(-n2nnc3ccccc32)c(O)c(C(C)(C)c2cc(C(C)(C)CC(C)(C)C)cc(-n3nnc4ccccc43)c2O)c1. The highest BCUT2D eigenvalue weighted by Crippen LogP contribution is 2.49. The molecule has 2 N–H and O–H groups in total. The molecular formula is C43H54N6O2. The Balaban J connectivity index is 1.66. The first-order chi connectivity index (χ1) is 23.6. The van der Waals surface area contributed by atoms with E-state index in [0.717, 1.165) is 46.0 Å². The van der Waals surface area contributed by atoms with Crippen molar-refractivity contribution in [3.8, 4) is 22.9 Å². The van der Waals surface area contributed by atoms with Gasteiger partial charge in [0.15, 0.2) is 0 Å². The van der Waals surface area contributed by atoms with Crippen molar-refractivity contribution in [1.29, 1.82) is 0 Å². The third-order valence-electron chi connectivity index (χ3n) is 10.2. The minimum atomic E-state index is -0.883. The Bertz CT molecular complexity index is 2080. The van der Waals surface area contributed by atoms with E-state index in [2.05, 4.69) is 128 Å². The number of phenols is 2. The zero-order valence-electron chi connectivity index (χ0n) is 32.4. The number of nitrogens with zero attached hydrogens (tertiary/aromatic N) is 6. The highest BCUT2D eigenvalue weighted by Gasteiger charge is 2.38. The van der Waals surface area contributed by atoms with E-state index in [1.807, 2.05) is 48.5 Å². The van der Waals surface area contributed by atoms with Crippen LogP contribution in [0.25, 0.3) is 33.4 Å². The molecule has 0 atom stereocenters. The average Bonchev–Trinajstić information content (AvgIpc) is 3.63. The summed E-state index contributed by atoms with van der Waals surface area (Å²) in [4.78, 5) is 0. The molecule has 8 nitrogen and oxygen atoms in total. The molecule has 0 aliphatic rings. The molecule has 0 radical (unpaired) electrons. The van der Waals surface area contributed by atoms with Gasteiger partial charge in [0.25, 0.3) is 0 Å². The summed E-state index contributed by atoms with van der Waals surface area (Å²) < 4.78 is 3.47. The van der Waals surface area contributed by atoms with Gasteiger partial charge in [-0.3, -0.25) is 0 Å². The maximum atomic E-state index is 12.4. The molecule has 0 saturated carbocycles. The van der Waals surface area contributed by atoms with Gasteiger partial charge in [0.1, 0.15) is 33.9 Å². The van der Waals surface area contributed by atoms with E-state index >= 15 is 0 Å². The fraction of sp³-hybridized carbons (Fsp3) is 0.442. The molecule has 4 aromatic carbocycles. The molecule has 8 heteroatoms. The van der Waals surface area contributed by atoms with Crippen molar-refractivity contribution < 1.29 is 10.2 Å². The molecule has 6 aromatic rings. The van der Waals surface area contributed by atoms with Crippen molar-refractivity contribution in [2.45, 2.75) is 112 Å². The lowest BCUT2D eigenvalue weighted by molar-refractivity contribution is 0.283. The first-order valence-corrected chi connectivity index (χ1v) is 18.0. The van der Waals surface area contributed by atoms with Gasteiger partial charge in [-0.1, -0.05) is 130 Å². The lowest BCUT2D eigenvalue weighted by Crippen LogP contribution is -2.28. The summed E-state index contributed by atoms with van der Waals surface area (Å²) in [6.07, 6.45) is 1.82. The van der Waals surface area contributed by atoms with Crippen LogP contribution in [0.1, 0.15) is 118 Å². The topological polar surface area (TPSA) is 102 Å². The summed E-state index contributed by atoms with van der Waals surface area (Å²) in [5.74, 6) is 0.190. The molecule has 0 amide bonds. The molecule has 0 bridgehead atoms. The summed E-state index contributed by atoms with van der Waals surface area (Å²) in [6, 6.07) is 23.9. The number of para-hydroxylation sites is 2. The minimum Gasteiger partial charge on any atom is -0.505 e. The Morgan fingerprint density at radius 3 is 1.22 bits per heavy atom. The Kier molecular flexibility index (Phi) is 8.64. The number of hydrogen-bond acceptors (Lipinski definition) is 6. The van der Waals surface area contributed by atoms with Crippen molar-refractivity contribution in [1.82, 2.24) is 30.0 Å². The maximum Gasteiger partial charge on any atom is 0.145 e. The predicted molar refractivity (Wildman–Crippen MR) is 207 cm³/mol. The van der Waals surface area contributed by atoms with Crippen LogP contribution in [-0.4, -0.2) is 40.2 Å². The molecule has 51 heavy (non-hydrogen) atoms. The Morgan fingerprint density at radius 1 is 0.510 bits per heavy atom. The van der Waals surface area contributed by atoms with Gasteiger partial charge in [-0.2, -0.15) is 0 Å². The van der Waals surface area contributed by atoms with E-state index in [9.17, 15) is 10.2 Å². The first-order valence-electron chi connectivity index (χ1n) is 18.0. The van der Waals surface area contributed by atoms with Gasteiger partial charge >= 0.3 is 0 Å². The van der Waals surface area contributed by atoms with E-state index in [1.54, 1.807) is 9.36 Å². The van der Waals surface area contributed by atoms with E-state index in [4.69, 9.17) is 0 Å². The van der Waals surface area contributed by atoms with Crippen LogP contribution < -0.4 is 0 Å². The number of aromatic nitrogens is 6. The van der Waals surface area contributed by atoms with Gasteiger partial charge in [-0.05, 0) is 82.0 Å². The minimum absolute atomic E-state index is 0.0535. The second-order valence-corrected chi connectivity index (χ2v) is 18.6. The van der Waals surface area contributed by atoms with Crippen molar-refractivity contribution in [2.75, 3.05) is 0 Å². The van der Waals surface area contributed by atoms with E-state index < -0.39 is 5.41 Å². The smallest absolute Gasteiger partial charge is 0.145 e. The Labute approximate surface area is 302 Å². The molecule has 0 fully saturated rings. The first kappa shape index (κ1) is 36.1. The van der Waals surface area contributed by atoms with Crippen molar-refractivity contribution >= 4 is 22.1 Å². The number of benzene rings is 4. The summed E-state index contributed by atoms with van der Waals surface area (Å²) in [7, 11) is 0. The van der Waals surface area contributed by atoms with Crippen LogP contribution in [0.4, 0.5) is 0 Å². The van der Waals surface area contributed by atoms with Crippen LogP contribution in [0, 0.1) is 10.8 Å². The number of hydrogen-bond donors (Lipinski definition) is 2. The van der Waals surface area contributed by atoms with Gasteiger partial charge in [0.2, 0.25) is 0 Å². The molecule has 0 unspecified atom stereocenters. The maximum absolute atomic E-state index is 12.4. The molecule has 6 rings (SSSR count). The highest BCUT2D eigenvalue weighted by atomic mass is 16.3. The van der Waals surface area contributed by atoms with Crippen molar-refractivity contribution in [3.63, 3.8) is 0 Å². The third kappa shape index (κ3) is 6.85. The molecular weight excluding hydrogens is 633 g/mol. The molecule has 2 heterocycles. The second-order valence-electron chi connectivity index (χ2n) is 18.6. The molecule has 0 spiro atoms. The van der Waals surface area contributed by atoms with Crippen LogP contribution in [0.5, 0.6) is 11.5 Å². The van der Waals surface area contributed by atoms with Crippen LogP contribution in [0.3, 0.4) is 0 Å². The normalized spacial score (nSPS) is 13.4. The fourth-order valence-electron chi connectivity index (χ4n) is 8.39. The lowest BCUT2D eigenvalue weighted by atomic mass is 9.68. The van der Waals surface area contributed by atoms with Crippen molar-refractivity contribution in [2.24, 2.45) is 10.8 Å².